The number of ether oxygens (including phenoxy) is 2. The van der Waals surface area contributed by atoms with Crippen LogP contribution >= 0.6 is 24.0 Å². The minimum absolute atomic E-state index is 0. The van der Waals surface area contributed by atoms with Crippen molar-refractivity contribution >= 4 is 41.7 Å². The molecule has 0 spiro atoms. The predicted molar refractivity (Wildman–Crippen MR) is 135 cm³/mol. The molecule has 8 nitrogen and oxygen atoms in total. The Bertz CT molecular complexity index is 844. The molecule has 31 heavy (non-hydrogen) atoms. The molecule has 0 aliphatic heterocycles. The van der Waals surface area contributed by atoms with E-state index in [1.807, 2.05) is 38.1 Å². The summed E-state index contributed by atoms with van der Waals surface area (Å²) in [6.07, 6.45) is 2.80. The summed E-state index contributed by atoms with van der Waals surface area (Å²) in [5.41, 5.74) is 2.17. The number of hydrogen-bond acceptors (Lipinski definition) is 5. The number of anilines is 1. The fourth-order valence-corrected chi connectivity index (χ4v) is 2.72. The number of aryl methyl sites for hydroxylation is 1. The molecule has 1 aromatic heterocycles. The second-order valence-corrected chi connectivity index (χ2v) is 6.65. The fraction of sp³-hybridized carbons (Fsp3) is 0.409. The number of pyridine rings is 1. The number of nitrogens with one attached hydrogen (secondary N) is 3. The van der Waals surface area contributed by atoms with Crippen molar-refractivity contribution < 1.29 is 14.3 Å². The lowest BCUT2D eigenvalue weighted by Crippen LogP contribution is -2.38. The third kappa shape index (κ3) is 9.41. The second-order valence-electron chi connectivity index (χ2n) is 6.65. The topological polar surface area (TPSA) is 96.9 Å². The van der Waals surface area contributed by atoms with Crippen LogP contribution in [0.4, 0.5) is 5.82 Å². The van der Waals surface area contributed by atoms with Crippen LogP contribution in [0.3, 0.4) is 0 Å². The maximum absolute atomic E-state index is 12.1. The van der Waals surface area contributed by atoms with E-state index in [0.717, 1.165) is 24.1 Å². The predicted octanol–water partition coefficient (Wildman–Crippen LogP) is 3.15. The van der Waals surface area contributed by atoms with Crippen molar-refractivity contribution in [2.24, 2.45) is 4.99 Å². The molecule has 0 aliphatic rings. The molecule has 0 fully saturated rings. The average Bonchev–Trinajstić information content (AvgIpc) is 2.75. The normalized spacial score (nSPS) is 10.6. The first-order valence-electron chi connectivity index (χ1n) is 10.0. The number of guanidine groups is 1. The molecule has 0 saturated heterocycles. The highest BCUT2D eigenvalue weighted by Gasteiger charge is 2.06. The molecule has 1 aromatic carbocycles. The van der Waals surface area contributed by atoms with Gasteiger partial charge in [0.05, 0.1) is 20.8 Å². The van der Waals surface area contributed by atoms with Gasteiger partial charge in [-0.3, -0.25) is 9.79 Å². The first kappa shape index (κ1) is 26.5. The number of aliphatic imine (C=N–C) groups is 1. The highest BCUT2D eigenvalue weighted by Crippen LogP contribution is 2.27. The molecule has 1 heterocycles. The molecule has 170 valence electrons. The van der Waals surface area contributed by atoms with Crippen LogP contribution in [-0.2, 0) is 11.2 Å². The zero-order valence-electron chi connectivity index (χ0n) is 18.5. The van der Waals surface area contributed by atoms with E-state index in [2.05, 4.69) is 25.9 Å². The molecule has 2 rings (SSSR count). The summed E-state index contributed by atoms with van der Waals surface area (Å²) >= 11 is 0. The summed E-state index contributed by atoms with van der Waals surface area (Å²) in [6.45, 7) is 5.76. The van der Waals surface area contributed by atoms with Crippen LogP contribution in [-0.4, -0.2) is 50.7 Å². The summed E-state index contributed by atoms with van der Waals surface area (Å²) in [6, 6.07) is 9.57. The molecular weight excluding hydrogens is 509 g/mol. The molecule has 0 unspecified atom stereocenters. The summed E-state index contributed by atoms with van der Waals surface area (Å²) in [7, 11) is 3.25. The molecule has 2 aromatic rings. The van der Waals surface area contributed by atoms with Crippen molar-refractivity contribution in [1.29, 1.82) is 0 Å². The van der Waals surface area contributed by atoms with Gasteiger partial charge in [-0.1, -0.05) is 12.1 Å². The lowest BCUT2D eigenvalue weighted by atomic mass is 10.1. The largest absolute Gasteiger partial charge is 0.493 e. The molecular formula is C22H32IN5O3. The summed E-state index contributed by atoms with van der Waals surface area (Å²) in [5.74, 6) is 2.54. The second kappa shape index (κ2) is 14.4. The molecule has 1 amide bonds. The van der Waals surface area contributed by atoms with Crippen molar-refractivity contribution in [2.75, 3.05) is 39.2 Å². The van der Waals surface area contributed by atoms with Crippen molar-refractivity contribution in [2.45, 2.75) is 26.7 Å². The molecule has 3 N–H and O–H groups in total. The Morgan fingerprint density at radius 1 is 1.10 bits per heavy atom. The minimum Gasteiger partial charge on any atom is -0.493 e. The van der Waals surface area contributed by atoms with Gasteiger partial charge in [-0.2, -0.15) is 0 Å². The van der Waals surface area contributed by atoms with E-state index in [-0.39, 0.29) is 36.3 Å². The molecule has 0 atom stereocenters. The number of hydrogen-bond donors (Lipinski definition) is 3. The Hall–Kier alpha value is -2.56. The number of carbonyl (C=O) groups excluding carboxylic acids is 1. The van der Waals surface area contributed by atoms with Gasteiger partial charge in [0.1, 0.15) is 5.82 Å². The summed E-state index contributed by atoms with van der Waals surface area (Å²) < 4.78 is 10.6. The van der Waals surface area contributed by atoms with Gasteiger partial charge in [0.2, 0.25) is 5.91 Å². The number of benzene rings is 1. The van der Waals surface area contributed by atoms with E-state index in [4.69, 9.17) is 9.47 Å². The quantitative estimate of drug-likeness (QED) is 0.243. The first-order valence-corrected chi connectivity index (χ1v) is 10.0. The zero-order chi connectivity index (χ0) is 21.8. The minimum atomic E-state index is -0.115. The molecule has 0 saturated carbocycles. The van der Waals surface area contributed by atoms with Gasteiger partial charge in [0, 0.05) is 25.7 Å². The molecule has 0 aliphatic carbocycles. The van der Waals surface area contributed by atoms with Crippen LogP contribution in [0.5, 0.6) is 11.5 Å². The van der Waals surface area contributed by atoms with Crippen LogP contribution in [0.1, 0.15) is 24.5 Å². The van der Waals surface area contributed by atoms with Gasteiger partial charge in [-0.25, -0.2) is 4.98 Å². The zero-order valence-corrected chi connectivity index (χ0v) is 20.9. The number of halogens is 1. The van der Waals surface area contributed by atoms with E-state index in [0.29, 0.717) is 36.4 Å². The lowest BCUT2D eigenvalue weighted by molar-refractivity contribution is -0.116. The molecule has 9 heteroatoms. The number of amides is 1. The maximum atomic E-state index is 12.1. The summed E-state index contributed by atoms with van der Waals surface area (Å²) in [4.78, 5) is 20.7. The smallest absolute Gasteiger partial charge is 0.227 e. The number of aromatic nitrogens is 1. The number of carbonyl (C=O) groups is 1. The van der Waals surface area contributed by atoms with Gasteiger partial charge in [-0.05, 0) is 49.6 Å². The van der Waals surface area contributed by atoms with Gasteiger partial charge < -0.3 is 25.4 Å². The van der Waals surface area contributed by atoms with Crippen molar-refractivity contribution in [3.05, 3.63) is 47.7 Å². The number of methoxy groups -OCH3 is 2. The van der Waals surface area contributed by atoms with E-state index in [1.165, 1.54) is 0 Å². The first-order chi connectivity index (χ1) is 14.5. The maximum Gasteiger partial charge on any atom is 0.227 e. The van der Waals surface area contributed by atoms with Gasteiger partial charge in [0.25, 0.3) is 0 Å². The SMILES string of the molecule is CCNC(=NCCC(=O)Nc1ccc(C)cn1)NCCc1ccc(OC)c(OC)c1.I. The Balaban J connectivity index is 0.00000480. The van der Waals surface area contributed by atoms with Gasteiger partial charge in [-0.15, -0.1) is 24.0 Å². The van der Waals surface area contributed by atoms with Gasteiger partial charge >= 0.3 is 0 Å². The number of nitrogens with zero attached hydrogens (tertiary/aromatic N) is 2. The van der Waals surface area contributed by atoms with E-state index in [1.54, 1.807) is 26.5 Å². The molecule has 0 radical (unpaired) electrons. The third-order valence-corrected chi connectivity index (χ3v) is 4.29. The van der Waals surface area contributed by atoms with Crippen LogP contribution < -0.4 is 25.4 Å². The van der Waals surface area contributed by atoms with Crippen LogP contribution in [0.2, 0.25) is 0 Å². The van der Waals surface area contributed by atoms with Crippen LogP contribution in [0.25, 0.3) is 0 Å². The van der Waals surface area contributed by atoms with Gasteiger partial charge in [0.15, 0.2) is 17.5 Å². The average molecular weight is 541 g/mol. The number of rotatable bonds is 10. The molecule has 0 bridgehead atoms. The van der Waals surface area contributed by atoms with Crippen molar-refractivity contribution in [1.82, 2.24) is 15.6 Å². The van der Waals surface area contributed by atoms with E-state index >= 15 is 0 Å². The highest BCUT2D eigenvalue weighted by atomic mass is 127. The van der Waals surface area contributed by atoms with Crippen LogP contribution in [0, 0.1) is 6.92 Å². The monoisotopic (exact) mass is 541 g/mol. The standard InChI is InChI=1S/C22H31N5O3.HI/c1-5-23-22(24-12-10-17-7-8-18(29-3)19(14-17)30-4)25-13-11-21(28)27-20-9-6-16(2)15-26-20;/h6-9,14-15H,5,10-13H2,1-4H3,(H2,23,24,25)(H,26,27,28);1H. The van der Waals surface area contributed by atoms with Crippen molar-refractivity contribution in [3.63, 3.8) is 0 Å². The lowest BCUT2D eigenvalue weighted by Gasteiger charge is -2.12. The van der Waals surface area contributed by atoms with E-state index < -0.39 is 0 Å². The van der Waals surface area contributed by atoms with E-state index in [9.17, 15) is 4.79 Å². The Morgan fingerprint density at radius 3 is 2.52 bits per heavy atom. The van der Waals surface area contributed by atoms with Crippen molar-refractivity contribution in [3.8, 4) is 11.5 Å². The summed E-state index contributed by atoms with van der Waals surface area (Å²) in [5, 5.41) is 9.25. The Morgan fingerprint density at radius 2 is 1.87 bits per heavy atom. The third-order valence-electron chi connectivity index (χ3n) is 4.29. The Labute approximate surface area is 201 Å². The highest BCUT2D eigenvalue weighted by molar-refractivity contribution is 14.0. The Kier molecular flexibility index (Phi) is 12.3. The van der Waals surface area contributed by atoms with Crippen LogP contribution in [0.15, 0.2) is 41.5 Å². The fourth-order valence-electron chi connectivity index (χ4n) is 2.72.